The third kappa shape index (κ3) is 2.62. The van der Waals surface area contributed by atoms with Crippen LogP contribution in [-0.4, -0.2) is 16.8 Å². The van der Waals surface area contributed by atoms with Crippen molar-refractivity contribution in [3.05, 3.63) is 28.7 Å². The Bertz CT molecular complexity index is 301. The number of phenolic OH excluding ortho intramolecular Hbond substituents is 2. The molecular formula is C8H10N2O3. The van der Waals surface area contributed by atoms with Crippen LogP contribution in [0.5, 0.6) is 11.5 Å². The van der Waals surface area contributed by atoms with Crippen LogP contribution < -0.4 is 5.43 Å². The molecule has 0 aliphatic rings. The number of phenols is 2. The van der Waals surface area contributed by atoms with Crippen molar-refractivity contribution in [1.82, 2.24) is 5.43 Å². The lowest BCUT2D eigenvalue weighted by Crippen LogP contribution is -2.08. The van der Waals surface area contributed by atoms with Crippen LogP contribution in [0.1, 0.15) is 5.56 Å². The Labute approximate surface area is 75.0 Å². The van der Waals surface area contributed by atoms with Gasteiger partial charge in [-0.15, -0.1) is 4.91 Å². The minimum atomic E-state index is -0.156. The number of hydrogen-bond acceptors (Lipinski definition) is 4. The molecule has 0 aliphatic heterocycles. The summed E-state index contributed by atoms with van der Waals surface area (Å²) in [5, 5.41) is 20.6. The highest BCUT2D eigenvalue weighted by Crippen LogP contribution is 2.24. The molecule has 5 heteroatoms. The van der Waals surface area contributed by atoms with E-state index in [9.17, 15) is 4.91 Å². The number of benzene rings is 1. The van der Waals surface area contributed by atoms with Gasteiger partial charge in [0.05, 0.1) is 0 Å². The molecule has 0 spiro atoms. The van der Waals surface area contributed by atoms with Gasteiger partial charge in [-0.3, -0.25) is 5.43 Å². The van der Waals surface area contributed by atoms with Crippen LogP contribution in [0.2, 0.25) is 0 Å². The molecule has 0 radical (unpaired) electrons. The molecule has 0 saturated carbocycles. The fourth-order valence-corrected chi connectivity index (χ4v) is 0.970. The van der Waals surface area contributed by atoms with Crippen molar-refractivity contribution >= 4 is 0 Å². The van der Waals surface area contributed by atoms with E-state index in [-0.39, 0.29) is 11.5 Å². The van der Waals surface area contributed by atoms with Crippen LogP contribution >= 0.6 is 0 Å². The summed E-state index contributed by atoms with van der Waals surface area (Å²) in [7, 11) is 0. The van der Waals surface area contributed by atoms with E-state index < -0.39 is 0 Å². The van der Waals surface area contributed by atoms with Crippen LogP contribution in [0.3, 0.4) is 0 Å². The topological polar surface area (TPSA) is 81.9 Å². The largest absolute Gasteiger partial charge is 0.504 e. The lowest BCUT2D eigenvalue weighted by atomic mass is 10.1. The Balaban J connectivity index is 2.57. The van der Waals surface area contributed by atoms with Crippen LogP contribution in [0.25, 0.3) is 0 Å². The van der Waals surface area contributed by atoms with Gasteiger partial charge in [0, 0.05) is 11.8 Å². The number of rotatable bonds is 4. The molecule has 0 heterocycles. The average Bonchev–Trinajstić information content (AvgIpc) is 2.12. The summed E-state index contributed by atoms with van der Waals surface area (Å²) in [6, 6.07) is 4.52. The minimum absolute atomic E-state index is 0.148. The zero-order valence-corrected chi connectivity index (χ0v) is 6.90. The molecule has 3 N–H and O–H groups in total. The number of aromatic hydroxyl groups is 2. The van der Waals surface area contributed by atoms with E-state index in [1.807, 2.05) is 0 Å². The van der Waals surface area contributed by atoms with Crippen LogP contribution in [0, 0.1) is 4.91 Å². The second-order valence-corrected chi connectivity index (χ2v) is 2.57. The third-order valence-corrected chi connectivity index (χ3v) is 1.63. The summed E-state index contributed by atoms with van der Waals surface area (Å²) >= 11 is 0. The summed E-state index contributed by atoms with van der Waals surface area (Å²) in [5.41, 5.74) is 3.08. The molecule has 0 unspecified atom stereocenters. The summed E-state index contributed by atoms with van der Waals surface area (Å²) in [4.78, 5) is 9.67. The predicted molar refractivity (Wildman–Crippen MR) is 47.3 cm³/mol. The van der Waals surface area contributed by atoms with Gasteiger partial charge in [0.15, 0.2) is 11.5 Å². The molecule has 0 bridgehead atoms. The van der Waals surface area contributed by atoms with E-state index in [0.29, 0.717) is 13.0 Å². The molecule has 0 amide bonds. The maximum absolute atomic E-state index is 9.67. The van der Waals surface area contributed by atoms with Crippen molar-refractivity contribution in [2.45, 2.75) is 6.42 Å². The van der Waals surface area contributed by atoms with Crippen LogP contribution in [-0.2, 0) is 6.42 Å². The molecule has 0 saturated heterocycles. The first-order valence-electron chi connectivity index (χ1n) is 3.80. The highest BCUT2D eigenvalue weighted by atomic mass is 16.3. The summed E-state index contributed by atoms with van der Waals surface area (Å²) in [5.74, 6) is -0.304. The molecule has 70 valence electrons. The molecule has 0 fully saturated rings. The van der Waals surface area contributed by atoms with Crippen molar-refractivity contribution in [2.75, 3.05) is 6.54 Å². The van der Waals surface area contributed by atoms with Gasteiger partial charge in [-0.2, -0.15) is 0 Å². The Hall–Kier alpha value is -1.78. The first kappa shape index (κ1) is 9.31. The second-order valence-electron chi connectivity index (χ2n) is 2.57. The van der Waals surface area contributed by atoms with E-state index in [0.717, 1.165) is 5.56 Å². The van der Waals surface area contributed by atoms with Gasteiger partial charge in [0.1, 0.15) is 0 Å². The van der Waals surface area contributed by atoms with Crippen molar-refractivity contribution in [1.29, 1.82) is 0 Å². The summed E-state index contributed by atoms with van der Waals surface area (Å²) in [6.45, 7) is 0.410. The molecule has 5 nitrogen and oxygen atoms in total. The molecule has 1 aromatic rings. The Morgan fingerprint density at radius 2 is 2.08 bits per heavy atom. The number of nitroso groups, excluding NO2 is 1. The van der Waals surface area contributed by atoms with Gasteiger partial charge in [0.25, 0.3) is 0 Å². The van der Waals surface area contributed by atoms with E-state index in [4.69, 9.17) is 10.2 Å². The number of nitrogens with zero attached hydrogens (tertiary/aromatic N) is 1. The van der Waals surface area contributed by atoms with Gasteiger partial charge >= 0.3 is 0 Å². The maximum Gasteiger partial charge on any atom is 0.157 e. The third-order valence-electron chi connectivity index (χ3n) is 1.63. The highest BCUT2D eigenvalue weighted by Gasteiger charge is 1.99. The standard InChI is InChI=1S/C8H10N2O3/c11-7-2-1-6(5-8(7)12)3-4-9-10-13/h1-2,5,11-12H,3-4H2,(H,9,13). The van der Waals surface area contributed by atoms with E-state index >= 15 is 0 Å². The average molecular weight is 182 g/mol. The summed E-state index contributed by atoms with van der Waals surface area (Å²) in [6.07, 6.45) is 0.569. The quantitative estimate of drug-likeness (QED) is 0.280. The van der Waals surface area contributed by atoms with E-state index in [2.05, 4.69) is 10.7 Å². The molecular weight excluding hydrogens is 172 g/mol. The second kappa shape index (κ2) is 4.30. The Morgan fingerprint density at radius 1 is 1.31 bits per heavy atom. The smallest absolute Gasteiger partial charge is 0.157 e. The Kier molecular flexibility index (Phi) is 3.08. The van der Waals surface area contributed by atoms with Gasteiger partial charge in [-0.05, 0) is 24.1 Å². The van der Waals surface area contributed by atoms with Crippen molar-refractivity contribution in [3.63, 3.8) is 0 Å². The molecule has 1 aromatic carbocycles. The van der Waals surface area contributed by atoms with Gasteiger partial charge in [-0.25, -0.2) is 0 Å². The number of hydrogen-bond donors (Lipinski definition) is 3. The maximum atomic E-state index is 9.67. The number of nitrogens with one attached hydrogen (secondary N) is 1. The lowest BCUT2D eigenvalue weighted by molar-refractivity contribution is 0.403. The fourth-order valence-electron chi connectivity index (χ4n) is 0.970. The van der Waals surface area contributed by atoms with Crippen LogP contribution in [0.4, 0.5) is 0 Å². The normalized spacial score (nSPS) is 9.54. The van der Waals surface area contributed by atoms with E-state index in [1.54, 1.807) is 6.07 Å². The first-order chi connectivity index (χ1) is 6.24. The predicted octanol–water partition coefficient (Wildman–Crippen LogP) is 0.911. The van der Waals surface area contributed by atoms with Crippen molar-refractivity contribution in [2.24, 2.45) is 5.29 Å². The van der Waals surface area contributed by atoms with Crippen molar-refractivity contribution in [3.8, 4) is 11.5 Å². The molecule has 13 heavy (non-hydrogen) atoms. The van der Waals surface area contributed by atoms with Gasteiger partial charge < -0.3 is 10.2 Å². The summed E-state index contributed by atoms with van der Waals surface area (Å²) < 4.78 is 0. The first-order valence-corrected chi connectivity index (χ1v) is 3.80. The molecule has 0 atom stereocenters. The fraction of sp³-hybridized carbons (Fsp3) is 0.250. The van der Waals surface area contributed by atoms with Gasteiger partial charge in [0.2, 0.25) is 0 Å². The lowest BCUT2D eigenvalue weighted by Gasteiger charge is -2.01. The minimum Gasteiger partial charge on any atom is -0.504 e. The molecule has 1 rings (SSSR count). The van der Waals surface area contributed by atoms with Gasteiger partial charge in [-0.1, -0.05) is 6.07 Å². The SMILES string of the molecule is O=NNCCc1ccc(O)c(O)c1. The Morgan fingerprint density at radius 3 is 2.69 bits per heavy atom. The highest BCUT2D eigenvalue weighted by molar-refractivity contribution is 5.40. The zero-order valence-electron chi connectivity index (χ0n) is 6.90. The zero-order chi connectivity index (χ0) is 9.68. The molecule has 0 aromatic heterocycles. The van der Waals surface area contributed by atoms with Crippen molar-refractivity contribution < 1.29 is 10.2 Å². The van der Waals surface area contributed by atoms with Crippen LogP contribution in [0.15, 0.2) is 23.5 Å². The monoisotopic (exact) mass is 182 g/mol. The van der Waals surface area contributed by atoms with E-state index in [1.165, 1.54) is 12.1 Å². The molecule has 0 aliphatic carbocycles.